The van der Waals surface area contributed by atoms with Crippen LogP contribution in [0.5, 0.6) is 0 Å². The molecule has 4 rings (SSSR count). The minimum absolute atomic E-state index is 0.377. The summed E-state index contributed by atoms with van der Waals surface area (Å²) < 4.78 is 6.15. The third-order valence-corrected chi connectivity index (χ3v) is 7.38. The number of aryl methyl sites for hydroxylation is 3. The van der Waals surface area contributed by atoms with E-state index < -0.39 is 0 Å². The van der Waals surface area contributed by atoms with E-state index in [1.54, 1.807) is 12.4 Å². The van der Waals surface area contributed by atoms with Crippen molar-refractivity contribution < 1.29 is 4.74 Å². The highest BCUT2D eigenvalue weighted by Crippen LogP contribution is 2.28. The molecular weight excluding hydrogens is 458 g/mol. The molecule has 1 aromatic carbocycles. The molecule has 0 aliphatic carbocycles. The molecule has 1 saturated heterocycles. The number of ether oxygens (including phenoxy) is 1. The van der Waals surface area contributed by atoms with Crippen molar-refractivity contribution in [3.63, 3.8) is 0 Å². The molecule has 37 heavy (non-hydrogen) atoms. The zero-order chi connectivity index (χ0) is 25.7. The standard InChI is InChI=1S/C31H43N5O/c1-3-4-5-6-7-8-11-25-13-15-26(16-14-25)28-17-20-32-29(28)23-37-21-9-12-27-22-24(2)35-36-30(27)31-33-18-10-19-34-31/h10,13-16,18-19,22,28-29,32H,3-9,11-12,17,20-21,23H2,1-2H3/t28-,29-/m1/s1. The summed E-state index contributed by atoms with van der Waals surface area (Å²) in [5.74, 6) is 1.15. The van der Waals surface area contributed by atoms with Crippen molar-refractivity contribution in [3.8, 4) is 11.5 Å². The topological polar surface area (TPSA) is 72.8 Å². The van der Waals surface area contributed by atoms with Gasteiger partial charge in [-0.3, -0.25) is 0 Å². The van der Waals surface area contributed by atoms with E-state index in [2.05, 4.69) is 62.7 Å². The Bertz CT molecular complexity index is 1060. The van der Waals surface area contributed by atoms with Gasteiger partial charge in [0, 0.05) is 31.0 Å². The highest BCUT2D eigenvalue weighted by atomic mass is 16.5. The molecule has 1 fully saturated rings. The van der Waals surface area contributed by atoms with Crippen LogP contribution in [0, 0.1) is 6.92 Å². The van der Waals surface area contributed by atoms with Crippen molar-refractivity contribution in [1.29, 1.82) is 0 Å². The summed E-state index contributed by atoms with van der Waals surface area (Å²) in [6.07, 6.45) is 15.8. The maximum atomic E-state index is 6.15. The van der Waals surface area contributed by atoms with E-state index in [1.165, 1.54) is 62.5 Å². The molecule has 1 aliphatic heterocycles. The summed E-state index contributed by atoms with van der Waals surface area (Å²) in [6.45, 7) is 6.76. The molecule has 6 nitrogen and oxygen atoms in total. The number of benzene rings is 1. The molecule has 0 saturated carbocycles. The summed E-state index contributed by atoms with van der Waals surface area (Å²) in [5.41, 5.74) is 5.71. The van der Waals surface area contributed by atoms with Gasteiger partial charge in [0.25, 0.3) is 0 Å². The van der Waals surface area contributed by atoms with E-state index in [0.29, 0.717) is 17.8 Å². The number of hydrogen-bond donors (Lipinski definition) is 1. The highest BCUT2D eigenvalue weighted by molar-refractivity contribution is 5.53. The molecule has 6 heteroatoms. The van der Waals surface area contributed by atoms with E-state index in [9.17, 15) is 0 Å². The second-order valence-corrected chi connectivity index (χ2v) is 10.3. The number of unbranched alkanes of at least 4 members (excludes halogenated alkanes) is 5. The van der Waals surface area contributed by atoms with Gasteiger partial charge < -0.3 is 10.1 Å². The molecular formula is C31H43N5O. The monoisotopic (exact) mass is 501 g/mol. The summed E-state index contributed by atoms with van der Waals surface area (Å²) in [5, 5.41) is 12.2. The fraction of sp³-hybridized carbons (Fsp3) is 0.548. The molecule has 1 aliphatic rings. The van der Waals surface area contributed by atoms with Crippen molar-refractivity contribution in [2.24, 2.45) is 0 Å². The van der Waals surface area contributed by atoms with E-state index in [1.807, 2.05) is 13.0 Å². The minimum atomic E-state index is 0.377. The van der Waals surface area contributed by atoms with Gasteiger partial charge in [-0.15, -0.1) is 5.10 Å². The summed E-state index contributed by atoms with van der Waals surface area (Å²) in [6, 6.07) is 13.7. The first kappa shape index (κ1) is 27.3. The second kappa shape index (κ2) is 14.9. The van der Waals surface area contributed by atoms with E-state index >= 15 is 0 Å². The number of nitrogens with one attached hydrogen (secondary N) is 1. The predicted octanol–water partition coefficient (Wildman–Crippen LogP) is 6.24. The van der Waals surface area contributed by atoms with E-state index in [4.69, 9.17) is 4.74 Å². The van der Waals surface area contributed by atoms with Crippen molar-refractivity contribution in [3.05, 3.63) is 71.2 Å². The van der Waals surface area contributed by atoms with Crippen molar-refractivity contribution in [1.82, 2.24) is 25.5 Å². The van der Waals surface area contributed by atoms with Gasteiger partial charge in [0.1, 0.15) is 5.69 Å². The Kier molecular flexibility index (Phi) is 11.0. The van der Waals surface area contributed by atoms with Crippen LogP contribution in [0.1, 0.15) is 86.6 Å². The lowest BCUT2D eigenvalue weighted by Crippen LogP contribution is -2.31. The Morgan fingerprint density at radius 3 is 2.51 bits per heavy atom. The minimum Gasteiger partial charge on any atom is -0.380 e. The molecule has 2 atom stereocenters. The molecule has 0 amide bonds. The van der Waals surface area contributed by atoms with Crippen molar-refractivity contribution >= 4 is 0 Å². The van der Waals surface area contributed by atoms with Gasteiger partial charge in [0.15, 0.2) is 5.82 Å². The van der Waals surface area contributed by atoms with Crippen LogP contribution in [0.15, 0.2) is 48.8 Å². The van der Waals surface area contributed by atoms with Gasteiger partial charge >= 0.3 is 0 Å². The first-order valence-corrected chi connectivity index (χ1v) is 14.2. The Morgan fingerprint density at radius 2 is 1.70 bits per heavy atom. The second-order valence-electron chi connectivity index (χ2n) is 10.3. The molecule has 198 valence electrons. The Morgan fingerprint density at radius 1 is 0.919 bits per heavy atom. The van der Waals surface area contributed by atoms with Crippen LogP contribution < -0.4 is 5.32 Å². The third kappa shape index (κ3) is 8.41. The van der Waals surface area contributed by atoms with Gasteiger partial charge in [0.2, 0.25) is 0 Å². The van der Waals surface area contributed by atoms with Crippen LogP contribution in [-0.2, 0) is 17.6 Å². The summed E-state index contributed by atoms with van der Waals surface area (Å²) in [7, 11) is 0. The van der Waals surface area contributed by atoms with Crippen LogP contribution >= 0.6 is 0 Å². The van der Waals surface area contributed by atoms with Gasteiger partial charge in [-0.05, 0) is 74.4 Å². The molecule has 2 aromatic heterocycles. The lowest BCUT2D eigenvalue weighted by Gasteiger charge is -2.20. The first-order chi connectivity index (χ1) is 18.2. The normalized spacial score (nSPS) is 17.4. The molecule has 0 radical (unpaired) electrons. The maximum Gasteiger partial charge on any atom is 0.180 e. The van der Waals surface area contributed by atoms with Crippen molar-refractivity contribution in [2.45, 2.75) is 90.0 Å². The third-order valence-electron chi connectivity index (χ3n) is 7.38. The quantitative estimate of drug-likeness (QED) is 0.249. The lowest BCUT2D eigenvalue weighted by molar-refractivity contribution is 0.110. The van der Waals surface area contributed by atoms with E-state index in [0.717, 1.165) is 49.6 Å². The highest BCUT2D eigenvalue weighted by Gasteiger charge is 2.28. The lowest BCUT2D eigenvalue weighted by atomic mass is 9.91. The number of nitrogens with zero attached hydrogens (tertiary/aromatic N) is 4. The number of rotatable bonds is 15. The Labute approximate surface area is 222 Å². The SMILES string of the molecule is CCCCCCCCc1ccc([C@H]2CCN[C@@H]2COCCCc2cc(C)nnc2-c2ncccn2)cc1. The summed E-state index contributed by atoms with van der Waals surface area (Å²) in [4.78, 5) is 8.71. The predicted molar refractivity (Wildman–Crippen MR) is 150 cm³/mol. The Hall–Kier alpha value is -2.70. The fourth-order valence-corrected chi connectivity index (χ4v) is 5.30. The fourth-order valence-electron chi connectivity index (χ4n) is 5.30. The summed E-state index contributed by atoms with van der Waals surface area (Å²) >= 11 is 0. The van der Waals surface area contributed by atoms with E-state index in [-0.39, 0.29) is 0 Å². The van der Waals surface area contributed by atoms with Crippen LogP contribution in [0.25, 0.3) is 11.5 Å². The van der Waals surface area contributed by atoms with Crippen molar-refractivity contribution in [2.75, 3.05) is 19.8 Å². The van der Waals surface area contributed by atoms with Gasteiger partial charge in [-0.1, -0.05) is 63.3 Å². The number of aromatic nitrogens is 4. The van der Waals surface area contributed by atoms with Gasteiger partial charge in [-0.2, -0.15) is 5.10 Å². The van der Waals surface area contributed by atoms with Gasteiger partial charge in [0.05, 0.1) is 12.3 Å². The smallest absolute Gasteiger partial charge is 0.180 e. The average molecular weight is 502 g/mol. The molecule has 3 heterocycles. The zero-order valence-corrected chi connectivity index (χ0v) is 22.7. The largest absolute Gasteiger partial charge is 0.380 e. The maximum absolute atomic E-state index is 6.15. The molecule has 3 aromatic rings. The molecule has 1 N–H and O–H groups in total. The van der Waals surface area contributed by atoms with Gasteiger partial charge in [-0.25, -0.2) is 9.97 Å². The Balaban J connectivity index is 1.20. The molecule has 0 bridgehead atoms. The van der Waals surface area contributed by atoms with Crippen LogP contribution in [-0.4, -0.2) is 46.0 Å². The molecule has 0 unspecified atom stereocenters. The number of hydrogen-bond acceptors (Lipinski definition) is 6. The average Bonchev–Trinajstić information content (AvgIpc) is 3.40. The van der Waals surface area contributed by atoms with Crippen LogP contribution in [0.2, 0.25) is 0 Å². The zero-order valence-electron chi connectivity index (χ0n) is 22.7. The van der Waals surface area contributed by atoms with Crippen LogP contribution in [0.4, 0.5) is 0 Å². The van der Waals surface area contributed by atoms with Crippen LogP contribution in [0.3, 0.4) is 0 Å². The first-order valence-electron chi connectivity index (χ1n) is 14.2. The molecule has 0 spiro atoms.